The van der Waals surface area contributed by atoms with Crippen LogP contribution >= 0.6 is 0 Å². The van der Waals surface area contributed by atoms with Crippen LogP contribution in [0.15, 0.2) is 60.8 Å². The Hall–Kier alpha value is -2.89. The fourth-order valence-corrected chi connectivity index (χ4v) is 9.36. The molecule has 0 amide bonds. The Balaban J connectivity index is 4.07. The van der Waals surface area contributed by atoms with Crippen molar-refractivity contribution in [3.8, 4) is 0 Å². The van der Waals surface area contributed by atoms with Gasteiger partial charge in [0.1, 0.15) is 13.2 Å². The summed E-state index contributed by atoms with van der Waals surface area (Å²) >= 11 is 0. The molecule has 1 atom stereocenters. The molecule has 0 saturated carbocycles. The van der Waals surface area contributed by atoms with E-state index in [-0.39, 0.29) is 31.1 Å². The molecule has 0 aliphatic rings. The third-order valence-electron chi connectivity index (χ3n) is 14.2. The highest BCUT2D eigenvalue weighted by Crippen LogP contribution is 2.17. The van der Waals surface area contributed by atoms with Crippen molar-refractivity contribution < 1.29 is 28.6 Å². The average Bonchev–Trinajstić information content (AvgIpc) is 3.40. The molecule has 0 fully saturated rings. The molecule has 0 aromatic heterocycles. The first-order chi connectivity index (χ1) is 36.5. The first-order valence-electron chi connectivity index (χ1n) is 32.3. The first kappa shape index (κ1) is 71.1. The van der Waals surface area contributed by atoms with Crippen molar-refractivity contribution >= 4 is 17.9 Å². The minimum absolute atomic E-state index is 0.0736. The molecule has 0 radical (unpaired) electrons. The summed E-state index contributed by atoms with van der Waals surface area (Å²) in [5, 5.41) is 0. The van der Waals surface area contributed by atoms with Gasteiger partial charge in [0.15, 0.2) is 6.10 Å². The van der Waals surface area contributed by atoms with Gasteiger partial charge in [0.2, 0.25) is 0 Å². The fraction of sp³-hybridized carbons (Fsp3) is 0.809. The van der Waals surface area contributed by atoms with Crippen molar-refractivity contribution in [1.82, 2.24) is 0 Å². The summed E-state index contributed by atoms with van der Waals surface area (Å²) in [6.07, 6.45) is 79.8. The average molecular weight is 1040 g/mol. The van der Waals surface area contributed by atoms with Crippen LogP contribution in [0.3, 0.4) is 0 Å². The molecule has 74 heavy (non-hydrogen) atoms. The quantitative estimate of drug-likeness (QED) is 0.0261. The van der Waals surface area contributed by atoms with E-state index in [0.717, 1.165) is 77.0 Å². The predicted molar refractivity (Wildman–Crippen MR) is 321 cm³/mol. The van der Waals surface area contributed by atoms with Crippen LogP contribution in [-0.4, -0.2) is 37.2 Å². The highest BCUT2D eigenvalue weighted by atomic mass is 16.6. The van der Waals surface area contributed by atoms with E-state index in [1.807, 2.05) is 0 Å². The summed E-state index contributed by atoms with van der Waals surface area (Å²) in [6.45, 7) is 6.59. The molecule has 0 N–H and O–H groups in total. The number of hydrogen-bond donors (Lipinski definition) is 0. The molecule has 6 nitrogen and oxygen atoms in total. The van der Waals surface area contributed by atoms with E-state index in [0.29, 0.717) is 19.3 Å². The van der Waals surface area contributed by atoms with Gasteiger partial charge in [-0.05, 0) is 89.9 Å². The molecule has 0 spiro atoms. The standard InChI is InChI=1S/C68H122O6/c1-4-7-10-13-16-18-20-22-24-26-28-30-32-33-34-35-37-38-40-42-44-46-48-50-52-55-58-61-67(70)73-64-65(63-72-66(69)60-57-54-15-12-9-6-3)74-68(71)62-59-56-53-51-49-47-45-43-41-39-36-31-29-27-25-23-21-19-17-14-11-8-5-2/h20-23,26-29,32-33,65H,4-19,24-25,30-31,34-64H2,1-3H3/b22-20-,23-21-,28-26-,29-27-,33-32-. The van der Waals surface area contributed by atoms with Crippen molar-refractivity contribution in [2.75, 3.05) is 13.2 Å². The van der Waals surface area contributed by atoms with Gasteiger partial charge in [-0.25, -0.2) is 0 Å². The van der Waals surface area contributed by atoms with E-state index < -0.39 is 6.10 Å². The molecular formula is C68H122O6. The number of unbranched alkanes of at least 4 members (excludes halogenated alkanes) is 38. The van der Waals surface area contributed by atoms with E-state index >= 15 is 0 Å². The summed E-state index contributed by atoms with van der Waals surface area (Å²) in [6, 6.07) is 0. The van der Waals surface area contributed by atoms with E-state index in [1.165, 1.54) is 218 Å². The topological polar surface area (TPSA) is 78.9 Å². The Bertz CT molecular complexity index is 1330. The molecule has 0 aromatic carbocycles. The van der Waals surface area contributed by atoms with Crippen molar-refractivity contribution in [3.63, 3.8) is 0 Å². The van der Waals surface area contributed by atoms with E-state index in [4.69, 9.17) is 14.2 Å². The Morgan fingerprint density at radius 2 is 0.486 bits per heavy atom. The molecule has 0 heterocycles. The largest absolute Gasteiger partial charge is 0.462 e. The lowest BCUT2D eigenvalue weighted by molar-refractivity contribution is -0.167. The fourth-order valence-electron chi connectivity index (χ4n) is 9.36. The van der Waals surface area contributed by atoms with Gasteiger partial charge in [-0.1, -0.05) is 287 Å². The van der Waals surface area contributed by atoms with E-state index in [9.17, 15) is 14.4 Å². The summed E-state index contributed by atoms with van der Waals surface area (Å²) in [5.74, 6) is -0.872. The highest BCUT2D eigenvalue weighted by molar-refractivity contribution is 5.71. The smallest absolute Gasteiger partial charge is 0.306 e. The predicted octanol–water partition coefficient (Wildman–Crippen LogP) is 21.9. The maximum Gasteiger partial charge on any atom is 0.306 e. The Kier molecular flexibility index (Phi) is 60.2. The number of hydrogen-bond acceptors (Lipinski definition) is 6. The van der Waals surface area contributed by atoms with Crippen LogP contribution in [0.1, 0.15) is 335 Å². The monoisotopic (exact) mass is 1030 g/mol. The lowest BCUT2D eigenvalue weighted by Crippen LogP contribution is -2.30. The van der Waals surface area contributed by atoms with Crippen LogP contribution in [0, 0.1) is 0 Å². The van der Waals surface area contributed by atoms with Gasteiger partial charge in [0.25, 0.3) is 0 Å². The maximum atomic E-state index is 12.8. The third kappa shape index (κ3) is 60.0. The van der Waals surface area contributed by atoms with Crippen molar-refractivity contribution in [2.45, 2.75) is 341 Å². The van der Waals surface area contributed by atoms with Crippen LogP contribution in [-0.2, 0) is 28.6 Å². The number of carbonyl (C=O) groups excluding carboxylic acids is 3. The minimum Gasteiger partial charge on any atom is -0.462 e. The SMILES string of the molecule is CCCCCCC/C=C\C/C=C\C/C=C\CCCCCCCCCCCCCCC(=O)OCC(COC(=O)CCCCCCCC)OC(=O)CCCCCCCCCCCCC/C=C\C/C=C\CCCCCCC. The second-order valence-corrected chi connectivity index (χ2v) is 21.7. The van der Waals surface area contributed by atoms with Crippen LogP contribution < -0.4 is 0 Å². The maximum absolute atomic E-state index is 12.8. The van der Waals surface area contributed by atoms with E-state index in [2.05, 4.69) is 81.5 Å². The first-order valence-corrected chi connectivity index (χ1v) is 32.3. The Morgan fingerprint density at radius 3 is 0.757 bits per heavy atom. The second kappa shape index (κ2) is 62.6. The molecule has 1 unspecified atom stereocenters. The van der Waals surface area contributed by atoms with Crippen molar-refractivity contribution in [3.05, 3.63) is 60.8 Å². The summed E-state index contributed by atoms with van der Waals surface area (Å²) in [5.41, 5.74) is 0. The number of rotatable bonds is 59. The van der Waals surface area contributed by atoms with Crippen molar-refractivity contribution in [1.29, 1.82) is 0 Å². The summed E-state index contributed by atoms with van der Waals surface area (Å²) in [7, 11) is 0. The molecule has 0 aliphatic heterocycles. The van der Waals surface area contributed by atoms with Gasteiger partial charge in [0, 0.05) is 19.3 Å². The molecule has 6 heteroatoms. The van der Waals surface area contributed by atoms with Gasteiger partial charge in [-0.2, -0.15) is 0 Å². The zero-order valence-corrected chi connectivity index (χ0v) is 49.4. The molecule has 430 valence electrons. The number of allylic oxidation sites excluding steroid dienone is 10. The Labute approximate surface area is 460 Å². The third-order valence-corrected chi connectivity index (χ3v) is 14.2. The van der Waals surface area contributed by atoms with Gasteiger partial charge < -0.3 is 14.2 Å². The zero-order valence-electron chi connectivity index (χ0n) is 49.4. The number of ether oxygens (including phenoxy) is 3. The Morgan fingerprint density at radius 1 is 0.270 bits per heavy atom. The van der Waals surface area contributed by atoms with E-state index in [1.54, 1.807) is 0 Å². The molecule has 0 aliphatic carbocycles. The normalized spacial score (nSPS) is 12.4. The van der Waals surface area contributed by atoms with Gasteiger partial charge >= 0.3 is 17.9 Å². The van der Waals surface area contributed by atoms with Crippen LogP contribution in [0.25, 0.3) is 0 Å². The highest BCUT2D eigenvalue weighted by Gasteiger charge is 2.19. The molecule has 0 aromatic rings. The van der Waals surface area contributed by atoms with Crippen LogP contribution in [0.4, 0.5) is 0 Å². The second-order valence-electron chi connectivity index (χ2n) is 21.7. The summed E-state index contributed by atoms with van der Waals surface area (Å²) < 4.78 is 16.8. The van der Waals surface area contributed by atoms with Crippen molar-refractivity contribution in [2.24, 2.45) is 0 Å². The summed E-state index contributed by atoms with van der Waals surface area (Å²) in [4.78, 5) is 38.0. The molecule has 0 saturated heterocycles. The van der Waals surface area contributed by atoms with Gasteiger partial charge in [-0.3, -0.25) is 14.4 Å². The van der Waals surface area contributed by atoms with Crippen LogP contribution in [0.5, 0.6) is 0 Å². The lowest BCUT2D eigenvalue weighted by Gasteiger charge is -2.18. The molecule has 0 rings (SSSR count). The van der Waals surface area contributed by atoms with Gasteiger partial charge in [0.05, 0.1) is 0 Å². The number of esters is 3. The molecule has 0 bridgehead atoms. The van der Waals surface area contributed by atoms with Gasteiger partial charge in [-0.15, -0.1) is 0 Å². The lowest BCUT2D eigenvalue weighted by atomic mass is 10.0. The number of carbonyl (C=O) groups is 3. The van der Waals surface area contributed by atoms with Crippen LogP contribution in [0.2, 0.25) is 0 Å². The molecular weight excluding hydrogens is 913 g/mol. The minimum atomic E-state index is -0.773. The zero-order chi connectivity index (χ0) is 53.6.